The van der Waals surface area contributed by atoms with Gasteiger partial charge in [-0.1, -0.05) is 23.7 Å². The average molecular weight is 398 g/mol. The molecule has 6 nitrogen and oxygen atoms in total. The fraction of sp³-hybridized carbons (Fsp3) is 0.133. The Balaban J connectivity index is 1.96. The lowest BCUT2D eigenvalue weighted by Crippen LogP contribution is -2.40. The Bertz CT molecular complexity index is 786. The van der Waals surface area contributed by atoms with Crippen LogP contribution < -0.4 is 10.9 Å². The van der Waals surface area contributed by atoms with Crippen molar-refractivity contribution in [2.45, 2.75) is 6.92 Å². The van der Waals surface area contributed by atoms with Gasteiger partial charge in [-0.05, 0) is 41.1 Å². The lowest BCUT2D eigenvalue weighted by molar-refractivity contribution is -0.117. The highest BCUT2D eigenvalue weighted by Gasteiger charge is 2.10. The summed E-state index contributed by atoms with van der Waals surface area (Å²) in [7, 11) is 1.71. The summed E-state index contributed by atoms with van der Waals surface area (Å²) in [4.78, 5) is 23.7. The smallest absolute Gasteiger partial charge is 0.268 e. The van der Waals surface area contributed by atoms with E-state index in [2.05, 4.69) is 31.9 Å². The van der Waals surface area contributed by atoms with Gasteiger partial charge in [-0.15, -0.1) is 0 Å². The number of aromatic nitrogens is 2. The van der Waals surface area contributed by atoms with Gasteiger partial charge in [0.05, 0.1) is 11.3 Å². The van der Waals surface area contributed by atoms with Crippen LogP contribution in [-0.2, 0) is 11.8 Å². The van der Waals surface area contributed by atoms with E-state index in [0.29, 0.717) is 26.4 Å². The van der Waals surface area contributed by atoms with E-state index in [4.69, 9.17) is 11.6 Å². The van der Waals surface area contributed by atoms with Crippen molar-refractivity contribution in [1.29, 1.82) is 0 Å². The molecule has 0 unspecified atom stereocenters. The highest BCUT2D eigenvalue weighted by atomic mass is 79.9. The summed E-state index contributed by atoms with van der Waals surface area (Å²) in [5.74, 6) is -0.903. The van der Waals surface area contributed by atoms with Crippen molar-refractivity contribution in [2.24, 2.45) is 7.05 Å². The molecule has 1 heterocycles. The summed E-state index contributed by atoms with van der Waals surface area (Å²) in [6, 6.07) is 6.90. The van der Waals surface area contributed by atoms with Crippen LogP contribution in [0.1, 0.15) is 21.6 Å². The molecule has 0 aliphatic rings. The maximum Gasteiger partial charge on any atom is 0.270 e. The molecule has 2 rings (SSSR count). The van der Waals surface area contributed by atoms with Crippen molar-refractivity contribution in [3.05, 3.63) is 56.8 Å². The number of aryl methyl sites for hydroxylation is 2. The van der Waals surface area contributed by atoms with Gasteiger partial charge in [0.2, 0.25) is 0 Å². The van der Waals surface area contributed by atoms with Gasteiger partial charge >= 0.3 is 0 Å². The zero-order valence-electron chi connectivity index (χ0n) is 12.4. The SMILES string of the molecule is Cc1nn(C)c(Cl)c1/C=C/C(=O)NNC(=O)c1ccccc1Br. The fourth-order valence-electron chi connectivity index (χ4n) is 1.87. The molecule has 0 saturated carbocycles. The summed E-state index contributed by atoms with van der Waals surface area (Å²) >= 11 is 9.34. The molecular weight excluding hydrogens is 384 g/mol. The van der Waals surface area contributed by atoms with Crippen LogP contribution in [0.2, 0.25) is 5.15 Å². The largest absolute Gasteiger partial charge is 0.270 e. The summed E-state index contributed by atoms with van der Waals surface area (Å²) in [5.41, 5.74) is 6.43. The van der Waals surface area contributed by atoms with Crippen molar-refractivity contribution in [2.75, 3.05) is 0 Å². The van der Waals surface area contributed by atoms with Gasteiger partial charge in [0.15, 0.2) is 0 Å². The van der Waals surface area contributed by atoms with Crippen molar-refractivity contribution in [3.63, 3.8) is 0 Å². The first-order valence-corrected chi connectivity index (χ1v) is 7.79. The van der Waals surface area contributed by atoms with Crippen molar-refractivity contribution >= 4 is 45.4 Å². The second-order valence-corrected chi connectivity index (χ2v) is 5.88. The van der Waals surface area contributed by atoms with Gasteiger partial charge in [-0.2, -0.15) is 5.10 Å². The van der Waals surface area contributed by atoms with E-state index in [1.807, 2.05) is 0 Å². The third-order valence-electron chi connectivity index (χ3n) is 3.02. The number of halogens is 2. The summed E-state index contributed by atoms with van der Waals surface area (Å²) in [6.45, 7) is 1.79. The topological polar surface area (TPSA) is 76.0 Å². The van der Waals surface area contributed by atoms with Crippen LogP contribution >= 0.6 is 27.5 Å². The van der Waals surface area contributed by atoms with Gasteiger partial charge in [-0.25, -0.2) is 0 Å². The van der Waals surface area contributed by atoms with E-state index in [0.717, 1.165) is 0 Å². The van der Waals surface area contributed by atoms with Crippen LogP contribution in [0.3, 0.4) is 0 Å². The molecule has 0 bridgehead atoms. The molecule has 0 saturated heterocycles. The molecule has 0 aliphatic carbocycles. The molecule has 0 spiro atoms. The van der Waals surface area contributed by atoms with Gasteiger partial charge in [-0.3, -0.25) is 25.1 Å². The predicted molar refractivity (Wildman–Crippen MR) is 91.7 cm³/mol. The van der Waals surface area contributed by atoms with E-state index >= 15 is 0 Å². The Morgan fingerprint density at radius 2 is 2.00 bits per heavy atom. The maximum atomic E-state index is 11.9. The number of hydrazine groups is 1. The number of hydrogen-bond acceptors (Lipinski definition) is 3. The lowest BCUT2D eigenvalue weighted by atomic mass is 10.2. The van der Waals surface area contributed by atoms with E-state index in [-0.39, 0.29) is 0 Å². The molecule has 2 aromatic rings. The molecule has 8 heteroatoms. The average Bonchev–Trinajstić information content (AvgIpc) is 2.76. The Labute approximate surface area is 146 Å². The molecule has 0 radical (unpaired) electrons. The molecule has 2 amide bonds. The molecular formula is C15H14BrClN4O2. The third-order valence-corrected chi connectivity index (χ3v) is 4.15. The second-order valence-electron chi connectivity index (χ2n) is 4.67. The Kier molecular flexibility index (Phi) is 5.57. The molecule has 0 atom stereocenters. The minimum Gasteiger partial charge on any atom is -0.268 e. The number of hydrogen-bond donors (Lipinski definition) is 2. The normalized spacial score (nSPS) is 10.8. The molecule has 23 heavy (non-hydrogen) atoms. The van der Waals surface area contributed by atoms with E-state index in [1.165, 1.54) is 10.8 Å². The molecule has 1 aromatic heterocycles. The highest BCUT2D eigenvalue weighted by Crippen LogP contribution is 2.19. The summed E-state index contributed by atoms with van der Waals surface area (Å²) in [6.07, 6.45) is 2.82. The Morgan fingerprint density at radius 1 is 1.30 bits per heavy atom. The molecule has 0 aliphatic heterocycles. The highest BCUT2D eigenvalue weighted by molar-refractivity contribution is 9.10. The number of benzene rings is 1. The second kappa shape index (κ2) is 7.43. The van der Waals surface area contributed by atoms with E-state index in [9.17, 15) is 9.59 Å². The van der Waals surface area contributed by atoms with Crippen molar-refractivity contribution < 1.29 is 9.59 Å². The molecule has 120 valence electrons. The molecule has 1 aromatic carbocycles. The first-order valence-electron chi connectivity index (χ1n) is 6.62. The number of carbonyl (C=O) groups is 2. The number of nitrogens with one attached hydrogen (secondary N) is 2. The van der Waals surface area contributed by atoms with Gasteiger partial charge in [0.25, 0.3) is 11.8 Å². The minimum atomic E-state index is -0.482. The van der Waals surface area contributed by atoms with Crippen molar-refractivity contribution in [3.8, 4) is 0 Å². The monoisotopic (exact) mass is 396 g/mol. The third kappa shape index (κ3) is 4.20. The Hall–Kier alpha value is -2.12. The molecule has 0 fully saturated rings. The lowest BCUT2D eigenvalue weighted by Gasteiger charge is -2.06. The fourth-order valence-corrected chi connectivity index (χ4v) is 2.57. The zero-order valence-corrected chi connectivity index (χ0v) is 14.8. The van der Waals surface area contributed by atoms with Crippen LogP contribution in [0.25, 0.3) is 6.08 Å². The number of amides is 2. The summed E-state index contributed by atoms with van der Waals surface area (Å²) < 4.78 is 2.16. The van der Waals surface area contributed by atoms with Crippen LogP contribution in [0.5, 0.6) is 0 Å². The first kappa shape index (κ1) is 17.2. The predicted octanol–water partition coefficient (Wildman–Crippen LogP) is 2.62. The van der Waals surface area contributed by atoms with Crippen LogP contribution in [0.4, 0.5) is 0 Å². The van der Waals surface area contributed by atoms with Crippen LogP contribution in [0.15, 0.2) is 34.8 Å². The van der Waals surface area contributed by atoms with Crippen LogP contribution in [-0.4, -0.2) is 21.6 Å². The van der Waals surface area contributed by atoms with Gasteiger partial charge in [0.1, 0.15) is 5.15 Å². The number of nitrogens with zero attached hydrogens (tertiary/aromatic N) is 2. The maximum absolute atomic E-state index is 11.9. The first-order chi connectivity index (χ1) is 10.9. The van der Waals surface area contributed by atoms with Gasteiger partial charge < -0.3 is 0 Å². The zero-order chi connectivity index (χ0) is 17.0. The Morgan fingerprint density at radius 3 is 2.61 bits per heavy atom. The van der Waals surface area contributed by atoms with Crippen LogP contribution in [0, 0.1) is 6.92 Å². The van der Waals surface area contributed by atoms with Gasteiger partial charge in [0, 0.05) is 23.2 Å². The summed E-state index contributed by atoms with van der Waals surface area (Å²) in [5, 5.41) is 4.57. The van der Waals surface area contributed by atoms with Crippen molar-refractivity contribution in [1.82, 2.24) is 20.6 Å². The standard InChI is InChI=1S/C15H14BrClN4O2/c1-9-10(14(17)21(2)20-9)7-8-13(22)18-19-15(23)11-5-3-4-6-12(11)16/h3-8H,1-2H3,(H,18,22)(H,19,23)/b8-7+. The number of rotatable bonds is 3. The quantitative estimate of drug-likeness (QED) is 0.617. The van der Waals surface area contributed by atoms with E-state index < -0.39 is 11.8 Å². The minimum absolute atomic E-state index is 0.419. The number of carbonyl (C=O) groups excluding carboxylic acids is 2. The van der Waals surface area contributed by atoms with E-state index in [1.54, 1.807) is 44.3 Å². The molecule has 2 N–H and O–H groups in total.